The molecule has 0 aromatic heterocycles. The summed E-state index contributed by atoms with van der Waals surface area (Å²) in [5.41, 5.74) is 0. The number of aliphatic hydroxyl groups excluding tert-OH is 1. The van der Waals surface area contributed by atoms with Gasteiger partial charge in [0.05, 0.1) is 14.2 Å². The third-order valence-electron chi connectivity index (χ3n) is 2.41. The molecular weight excluding hydrogens is 290 g/mol. The average molecular weight is 305 g/mol. The second-order valence-corrected chi connectivity index (χ2v) is 5.46. The highest BCUT2D eigenvalue weighted by Crippen LogP contribution is 2.27. The minimum Gasteiger partial charge on any atom is -0.497 e. The Morgan fingerprint density at radius 3 is 2.50 bits per heavy atom. The van der Waals surface area contributed by atoms with Crippen LogP contribution in [0.3, 0.4) is 0 Å². The van der Waals surface area contributed by atoms with Gasteiger partial charge in [-0.25, -0.2) is 17.9 Å². The second kappa shape index (κ2) is 6.55. The van der Waals surface area contributed by atoms with Crippen molar-refractivity contribution < 1.29 is 32.9 Å². The Labute approximate surface area is 116 Å². The van der Waals surface area contributed by atoms with Crippen molar-refractivity contribution in [1.82, 2.24) is 4.72 Å². The maximum Gasteiger partial charge on any atom is 0.333 e. The third-order valence-corrected chi connectivity index (χ3v) is 3.86. The predicted molar refractivity (Wildman–Crippen MR) is 68.4 cm³/mol. The zero-order valence-corrected chi connectivity index (χ0v) is 11.7. The normalized spacial score (nSPS) is 12.8. The molecule has 1 atom stereocenters. The first kappa shape index (κ1) is 16.2. The van der Waals surface area contributed by atoms with Gasteiger partial charge < -0.3 is 19.7 Å². The summed E-state index contributed by atoms with van der Waals surface area (Å²) in [6, 6.07) is 4.15. The van der Waals surface area contributed by atoms with Crippen LogP contribution in [0.4, 0.5) is 0 Å². The van der Waals surface area contributed by atoms with Gasteiger partial charge in [0, 0.05) is 12.6 Å². The van der Waals surface area contributed by atoms with Crippen molar-refractivity contribution in [1.29, 1.82) is 0 Å². The number of rotatable bonds is 7. The van der Waals surface area contributed by atoms with Gasteiger partial charge in [-0.05, 0) is 12.1 Å². The van der Waals surface area contributed by atoms with E-state index in [1.807, 2.05) is 4.72 Å². The molecule has 0 heterocycles. The first-order valence-corrected chi connectivity index (χ1v) is 6.92. The van der Waals surface area contributed by atoms with Crippen LogP contribution in [-0.4, -0.2) is 51.5 Å². The Hall–Kier alpha value is -1.84. The number of aliphatic hydroxyl groups is 1. The molecule has 0 unspecified atom stereocenters. The van der Waals surface area contributed by atoms with E-state index in [2.05, 4.69) is 0 Å². The van der Waals surface area contributed by atoms with E-state index >= 15 is 0 Å². The van der Waals surface area contributed by atoms with Gasteiger partial charge >= 0.3 is 5.97 Å². The second-order valence-electron chi connectivity index (χ2n) is 3.72. The quantitative estimate of drug-likeness (QED) is 0.616. The van der Waals surface area contributed by atoms with Crippen molar-refractivity contribution in [2.45, 2.75) is 11.0 Å². The summed E-state index contributed by atoms with van der Waals surface area (Å²) in [6.07, 6.45) is -1.83. The van der Waals surface area contributed by atoms with E-state index in [1.165, 1.54) is 32.4 Å². The monoisotopic (exact) mass is 305 g/mol. The van der Waals surface area contributed by atoms with Crippen molar-refractivity contribution >= 4 is 16.0 Å². The summed E-state index contributed by atoms with van der Waals surface area (Å²) >= 11 is 0. The largest absolute Gasteiger partial charge is 0.497 e. The van der Waals surface area contributed by atoms with Crippen molar-refractivity contribution in [3.8, 4) is 11.5 Å². The highest BCUT2D eigenvalue weighted by Gasteiger charge is 2.23. The number of carboxylic acid groups (broad SMARTS) is 1. The van der Waals surface area contributed by atoms with Crippen LogP contribution in [0.1, 0.15) is 0 Å². The molecule has 20 heavy (non-hydrogen) atoms. The molecular formula is C11H15NO7S. The number of carbonyl (C=O) groups is 1. The van der Waals surface area contributed by atoms with Gasteiger partial charge in [0.15, 0.2) is 6.10 Å². The minimum atomic E-state index is -4.04. The molecule has 0 saturated carbocycles. The molecule has 0 radical (unpaired) electrons. The number of hydrogen-bond acceptors (Lipinski definition) is 6. The molecule has 9 heteroatoms. The van der Waals surface area contributed by atoms with Gasteiger partial charge in [0.2, 0.25) is 10.0 Å². The van der Waals surface area contributed by atoms with Crippen LogP contribution >= 0.6 is 0 Å². The summed E-state index contributed by atoms with van der Waals surface area (Å²) < 4.78 is 36.0. The highest BCUT2D eigenvalue weighted by atomic mass is 32.2. The zero-order valence-electron chi connectivity index (χ0n) is 10.9. The van der Waals surface area contributed by atoms with E-state index in [0.717, 1.165) is 0 Å². The van der Waals surface area contributed by atoms with E-state index in [0.29, 0.717) is 5.75 Å². The Morgan fingerprint density at radius 1 is 1.35 bits per heavy atom. The maximum atomic E-state index is 12.1. The summed E-state index contributed by atoms with van der Waals surface area (Å²) in [7, 11) is -1.37. The van der Waals surface area contributed by atoms with E-state index in [-0.39, 0.29) is 10.6 Å². The van der Waals surface area contributed by atoms with E-state index in [9.17, 15) is 13.2 Å². The van der Waals surface area contributed by atoms with Crippen LogP contribution in [-0.2, 0) is 14.8 Å². The number of hydrogen-bond donors (Lipinski definition) is 3. The topological polar surface area (TPSA) is 122 Å². The summed E-state index contributed by atoms with van der Waals surface area (Å²) in [6.45, 7) is -0.655. The van der Waals surface area contributed by atoms with Crippen molar-refractivity contribution in [3.05, 3.63) is 18.2 Å². The molecule has 0 aliphatic rings. The lowest BCUT2D eigenvalue weighted by Gasteiger charge is -2.13. The van der Waals surface area contributed by atoms with Crippen LogP contribution in [0.2, 0.25) is 0 Å². The molecule has 1 aromatic carbocycles. The predicted octanol–water partition coefficient (Wildman–Crippen LogP) is -0.572. The van der Waals surface area contributed by atoms with Crippen LogP contribution in [0.5, 0.6) is 11.5 Å². The first-order valence-electron chi connectivity index (χ1n) is 5.44. The van der Waals surface area contributed by atoms with E-state index in [4.69, 9.17) is 19.7 Å². The lowest BCUT2D eigenvalue weighted by atomic mass is 10.3. The van der Waals surface area contributed by atoms with Gasteiger partial charge in [0.1, 0.15) is 16.4 Å². The number of methoxy groups -OCH3 is 2. The molecule has 0 bridgehead atoms. The lowest BCUT2D eigenvalue weighted by Crippen LogP contribution is -2.36. The average Bonchev–Trinajstić information content (AvgIpc) is 2.43. The van der Waals surface area contributed by atoms with Crippen molar-refractivity contribution in [2.75, 3.05) is 20.8 Å². The van der Waals surface area contributed by atoms with Crippen LogP contribution in [0.25, 0.3) is 0 Å². The molecule has 0 fully saturated rings. The van der Waals surface area contributed by atoms with Crippen molar-refractivity contribution in [3.63, 3.8) is 0 Å². The highest BCUT2D eigenvalue weighted by molar-refractivity contribution is 7.89. The standard InChI is InChI=1S/C11H15NO7S/c1-18-7-3-4-9(19-2)10(5-7)20(16,17)12-6-8(13)11(14)15/h3-5,8,12-13H,6H2,1-2H3,(H,14,15)/t8-/m0/s1. The van der Waals surface area contributed by atoms with Gasteiger partial charge in [-0.2, -0.15) is 0 Å². The Kier molecular flexibility index (Phi) is 5.31. The summed E-state index contributed by atoms with van der Waals surface area (Å²) in [5.74, 6) is -1.15. The molecule has 1 aromatic rings. The minimum absolute atomic E-state index is 0.0723. The molecule has 0 spiro atoms. The molecule has 0 saturated heterocycles. The maximum absolute atomic E-state index is 12.1. The Balaban J connectivity index is 3.05. The molecule has 112 valence electrons. The fraction of sp³-hybridized carbons (Fsp3) is 0.364. The number of benzene rings is 1. The van der Waals surface area contributed by atoms with Gasteiger partial charge in [-0.3, -0.25) is 0 Å². The van der Waals surface area contributed by atoms with E-state index in [1.54, 1.807) is 0 Å². The third kappa shape index (κ3) is 3.83. The number of nitrogens with one attached hydrogen (secondary N) is 1. The summed E-state index contributed by atoms with van der Waals surface area (Å²) in [4.78, 5) is 10.2. The molecule has 8 nitrogen and oxygen atoms in total. The van der Waals surface area contributed by atoms with Gasteiger partial charge in [0.25, 0.3) is 0 Å². The summed E-state index contributed by atoms with van der Waals surface area (Å²) in [5, 5.41) is 17.6. The van der Waals surface area contributed by atoms with Crippen LogP contribution in [0.15, 0.2) is 23.1 Å². The van der Waals surface area contributed by atoms with E-state index < -0.39 is 28.6 Å². The lowest BCUT2D eigenvalue weighted by molar-refractivity contribution is -0.146. The Morgan fingerprint density at radius 2 is 2.00 bits per heavy atom. The number of aliphatic carboxylic acids is 1. The molecule has 0 aliphatic heterocycles. The first-order chi connectivity index (χ1) is 9.31. The fourth-order valence-corrected chi connectivity index (χ4v) is 2.57. The molecule has 1 rings (SSSR count). The van der Waals surface area contributed by atoms with Crippen LogP contribution in [0, 0.1) is 0 Å². The smallest absolute Gasteiger partial charge is 0.333 e. The van der Waals surface area contributed by atoms with Crippen molar-refractivity contribution in [2.24, 2.45) is 0 Å². The molecule has 0 amide bonds. The van der Waals surface area contributed by atoms with Crippen LogP contribution < -0.4 is 14.2 Å². The number of ether oxygens (including phenoxy) is 2. The SMILES string of the molecule is COc1ccc(OC)c(S(=O)(=O)NC[C@H](O)C(=O)O)c1. The number of sulfonamides is 1. The molecule has 0 aliphatic carbocycles. The number of carboxylic acids is 1. The Bertz CT molecular complexity index is 584. The van der Waals surface area contributed by atoms with Gasteiger partial charge in [-0.1, -0.05) is 0 Å². The molecule has 3 N–H and O–H groups in total. The van der Waals surface area contributed by atoms with Gasteiger partial charge in [-0.15, -0.1) is 0 Å². The zero-order chi connectivity index (χ0) is 15.3. The fourth-order valence-electron chi connectivity index (χ4n) is 1.35.